The lowest BCUT2D eigenvalue weighted by atomic mass is 9.74. The van der Waals surface area contributed by atoms with Gasteiger partial charge in [-0.1, -0.05) is 32.6 Å². The molecule has 1 aromatic rings. The van der Waals surface area contributed by atoms with Crippen LogP contribution in [-0.4, -0.2) is 0 Å². The van der Waals surface area contributed by atoms with E-state index in [4.69, 9.17) is 0 Å². The first kappa shape index (κ1) is 14.0. The Morgan fingerprint density at radius 3 is 1.95 bits per heavy atom. The van der Waals surface area contributed by atoms with Crippen LogP contribution in [0.2, 0.25) is 0 Å². The largest absolute Gasteiger partial charge is 0.204 e. The molecule has 0 amide bonds. The van der Waals surface area contributed by atoms with E-state index in [2.05, 4.69) is 6.92 Å². The van der Waals surface area contributed by atoms with Crippen molar-refractivity contribution < 1.29 is 8.78 Å². The quantitative estimate of drug-likeness (QED) is 0.705. The Kier molecular flexibility index (Phi) is 4.09. The fourth-order valence-corrected chi connectivity index (χ4v) is 4.34. The van der Waals surface area contributed by atoms with E-state index in [0.29, 0.717) is 5.92 Å². The third kappa shape index (κ3) is 2.75. The summed E-state index contributed by atoms with van der Waals surface area (Å²) in [5.74, 6) is 0.942. The number of fused-ring (bicyclic) bond motifs is 1. The molecule has 20 heavy (non-hydrogen) atoms. The molecule has 0 spiro atoms. The second kappa shape index (κ2) is 5.83. The van der Waals surface area contributed by atoms with Gasteiger partial charge in [-0.05, 0) is 66.7 Å². The van der Waals surface area contributed by atoms with E-state index in [1.807, 2.05) is 0 Å². The molecule has 0 aromatic heterocycles. The highest BCUT2D eigenvalue weighted by atomic mass is 19.2. The summed E-state index contributed by atoms with van der Waals surface area (Å²) in [6, 6.07) is 2.85. The van der Waals surface area contributed by atoms with Crippen LogP contribution in [0.5, 0.6) is 0 Å². The van der Waals surface area contributed by atoms with E-state index in [1.165, 1.54) is 50.7 Å². The Balaban J connectivity index is 1.62. The number of hydrogen-bond donors (Lipinski definition) is 0. The Morgan fingerprint density at radius 2 is 1.45 bits per heavy atom. The van der Waals surface area contributed by atoms with Crippen molar-refractivity contribution in [3.8, 4) is 0 Å². The van der Waals surface area contributed by atoms with E-state index in [9.17, 15) is 8.78 Å². The lowest BCUT2D eigenvalue weighted by molar-refractivity contribution is 0.201. The Hall–Kier alpha value is -0.920. The highest BCUT2D eigenvalue weighted by molar-refractivity contribution is 5.33. The molecule has 2 heteroatoms. The molecule has 0 heterocycles. The van der Waals surface area contributed by atoms with Gasteiger partial charge < -0.3 is 0 Å². The average molecular weight is 278 g/mol. The van der Waals surface area contributed by atoms with Crippen molar-refractivity contribution >= 4 is 0 Å². The van der Waals surface area contributed by atoms with Crippen LogP contribution in [0.3, 0.4) is 0 Å². The molecule has 0 radical (unpaired) electrons. The predicted molar refractivity (Wildman–Crippen MR) is 77.6 cm³/mol. The van der Waals surface area contributed by atoms with Gasteiger partial charge in [-0.3, -0.25) is 0 Å². The minimum atomic E-state index is -0.684. The van der Waals surface area contributed by atoms with Crippen LogP contribution in [0, 0.1) is 29.4 Å². The van der Waals surface area contributed by atoms with Crippen LogP contribution in [0.1, 0.15) is 56.6 Å². The van der Waals surface area contributed by atoms with Crippen molar-refractivity contribution in [1.82, 2.24) is 0 Å². The molecule has 0 unspecified atom stereocenters. The molecule has 0 aliphatic heterocycles. The zero-order chi connectivity index (χ0) is 14.1. The van der Waals surface area contributed by atoms with Crippen LogP contribution in [0.4, 0.5) is 8.78 Å². The lowest BCUT2D eigenvalue weighted by Crippen LogP contribution is -2.22. The number of rotatable bonds is 3. The van der Waals surface area contributed by atoms with Gasteiger partial charge in [-0.2, -0.15) is 0 Å². The van der Waals surface area contributed by atoms with Crippen molar-refractivity contribution in [3.63, 3.8) is 0 Å². The van der Waals surface area contributed by atoms with Crippen LogP contribution >= 0.6 is 0 Å². The number of hydrogen-bond acceptors (Lipinski definition) is 0. The molecule has 1 fully saturated rings. The monoisotopic (exact) mass is 278 g/mol. The maximum absolute atomic E-state index is 13.3. The first-order valence-corrected chi connectivity index (χ1v) is 8.14. The minimum Gasteiger partial charge on any atom is -0.204 e. The van der Waals surface area contributed by atoms with Gasteiger partial charge in [0, 0.05) is 0 Å². The van der Waals surface area contributed by atoms with Gasteiger partial charge >= 0.3 is 0 Å². The summed E-state index contributed by atoms with van der Waals surface area (Å²) in [6.07, 6.45) is 9.91. The molecule has 0 bridgehead atoms. The summed E-state index contributed by atoms with van der Waals surface area (Å²) in [4.78, 5) is 0. The summed E-state index contributed by atoms with van der Waals surface area (Å²) in [6.45, 7) is 2.27. The summed E-state index contributed by atoms with van der Waals surface area (Å²) in [5, 5.41) is 0. The standard InChI is InChI=1S/C18H24F2/c1-2-3-12-4-6-13(7-5-12)14-8-15-10-17(19)18(20)11-16(15)9-14/h10-14H,2-9H2,1H3. The Labute approximate surface area is 120 Å². The van der Waals surface area contributed by atoms with Crippen molar-refractivity contribution in [3.05, 3.63) is 34.9 Å². The molecular weight excluding hydrogens is 254 g/mol. The smallest absolute Gasteiger partial charge is 0.159 e. The van der Waals surface area contributed by atoms with Gasteiger partial charge in [0.1, 0.15) is 0 Å². The fourth-order valence-electron chi connectivity index (χ4n) is 4.34. The molecule has 0 saturated heterocycles. The molecule has 2 aliphatic rings. The van der Waals surface area contributed by atoms with Crippen molar-refractivity contribution in [2.24, 2.45) is 17.8 Å². The third-order valence-corrected chi connectivity index (χ3v) is 5.46. The molecular formula is C18H24F2. The minimum absolute atomic E-state index is 0.619. The average Bonchev–Trinajstić information content (AvgIpc) is 2.83. The molecule has 1 saturated carbocycles. The van der Waals surface area contributed by atoms with Crippen molar-refractivity contribution in [2.75, 3.05) is 0 Å². The number of halogens is 2. The van der Waals surface area contributed by atoms with Gasteiger partial charge in [0.25, 0.3) is 0 Å². The van der Waals surface area contributed by atoms with Crippen LogP contribution in [0.15, 0.2) is 12.1 Å². The van der Waals surface area contributed by atoms with Gasteiger partial charge in [-0.25, -0.2) is 8.78 Å². The second-order valence-electron chi connectivity index (χ2n) is 6.77. The van der Waals surface area contributed by atoms with Gasteiger partial charge in [-0.15, -0.1) is 0 Å². The Morgan fingerprint density at radius 1 is 0.900 bits per heavy atom. The molecule has 1 aromatic carbocycles. The fraction of sp³-hybridized carbons (Fsp3) is 0.667. The number of benzene rings is 1. The third-order valence-electron chi connectivity index (χ3n) is 5.46. The van der Waals surface area contributed by atoms with Gasteiger partial charge in [0.2, 0.25) is 0 Å². The molecule has 0 N–H and O–H groups in total. The zero-order valence-corrected chi connectivity index (χ0v) is 12.3. The first-order valence-electron chi connectivity index (χ1n) is 8.14. The SMILES string of the molecule is CCCC1CCC(C2Cc3cc(F)c(F)cc3C2)CC1. The van der Waals surface area contributed by atoms with E-state index >= 15 is 0 Å². The maximum Gasteiger partial charge on any atom is 0.159 e. The summed E-state index contributed by atoms with van der Waals surface area (Å²) in [7, 11) is 0. The summed E-state index contributed by atoms with van der Waals surface area (Å²) in [5.41, 5.74) is 2.09. The Bertz CT molecular complexity index is 442. The summed E-state index contributed by atoms with van der Waals surface area (Å²) >= 11 is 0. The highest BCUT2D eigenvalue weighted by Crippen LogP contribution is 2.41. The van der Waals surface area contributed by atoms with Crippen LogP contribution in [-0.2, 0) is 12.8 Å². The van der Waals surface area contributed by atoms with E-state index in [-0.39, 0.29) is 0 Å². The molecule has 0 atom stereocenters. The molecule has 110 valence electrons. The van der Waals surface area contributed by atoms with Crippen molar-refractivity contribution in [1.29, 1.82) is 0 Å². The van der Waals surface area contributed by atoms with E-state index in [1.54, 1.807) is 0 Å². The maximum atomic E-state index is 13.3. The summed E-state index contributed by atoms with van der Waals surface area (Å²) < 4.78 is 26.6. The molecule has 0 nitrogen and oxygen atoms in total. The van der Waals surface area contributed by atoms with Crippen LogP contribution < -0.4 is 0 Å². The zero-order valence-electron chi connectivity index (χ0n) is 12.3. The van der Waals surface area contributed by atoms with Crippen LogP contribution in [0.25, 0.3) is 0 Å². The van der Waals surface area contributed by atoms with E-state index < -0.39 is 11.6 Å². The highest BCUT2D eigenvalue weighted by Gasteiger charge is 2.32. The normalized spacial score (nSPS) is 26.8. The van der Waals surface area contributed by atoms with E-state index in [0.717, 1.165) is 35.8 Å². The first-order chi connectivity index (χ1) is 9.67. The topological polar surface area (TPSA) is 0 Å². The van der Waals surface area contributed by atoms with Crippen molar-refractivity contribution in [2.45, 2.75) is 58.3 Å². The molecule has 2 aliphatic carbocycles. The molecule has 3 rings (SSSR count). The van der Waals surface area contributed by atoms with Gasteiger partial charge in [0.05, 0.1) is 0 Å². The van der Waals surface area contributed by atoms with Gasteiger partial charge in [0.15, 0.2) is 11.6 Å². The lowest BCUT2D eigenvalue weighted by Gasteiger charge is -2.32. The second-order valence-corrected chi connectivity index (χ2v) is 6.77. The predicted octanol–water partition coefficient (Wildman–Crippen LogP) is 5.29.